The number of fused-ring (bicyclic) bond motifs is 1. The molecule has 0 bridgehead atoms. The zero-order valence-corrected chi connectivity index (χ0v) is 13.9. The van der Waals surface area contributed by atoms with Gasteiger partial charge in [0.2, 0.25) is 0 Å². The van der Waals surface area contributed by atoms with Crippen molar-refractivity contribution in [1.82, 2.24) is 0 Å². The van der Waals surface area contributed by atoms with Gasteiger partial charge in [-0.2, -0.15) is 0 Å². The summed E-state index contributed by atoms with van der Waals surface area (Å²) in [5, 5.41) is 14.1. The summed E-state index contributed by atoms with van der Waals surface area (Å²) in [6.45, 7) is 0.205. The number of phenolic OH excluding ortho intramolecular Hbond substituents is 1. The Kier molecular flexibility index (Phi) is 4.60. The Balaban J connectivity index is 1.77. The minimum absolute atomic E-state index is 0.146. The smallest absolute Gasteiger partial charge is 0.159 e. The van der Waals surface area contributed by atoms with Crippen LogP contribution < -0.4 is 15.8 Å². The fourth-order valence-electron chi connectivity index (χ4n) is 2.36. The summed E-state index contributed by atoms with van der Waals surface area (Å²) in [5.41, 5.74) is 6.97. The van der Waals surface area contributed by atoms with E-state index in [1.165, 1.54) is 6.07 Å². The summed E-state index contributed by atoms with van der Waals surface area (Å²) < 4.78 is 33.7. The molecule has 25 heavy (non-hydrogen) atoms. The van der Waals surface area contributed by atoms with Crippen LogP contribution in [-0.4, -0.2) is 25.5 Å². The zero-order chi connectivity index (χ0) is 18.0. The van der Waals surface area contributed by atoms with Gasteiger partial charge in [0.05, 0.1) is 4.90 Å². The number of nitrogen functional groups attached to an aromatic ring is 1. The molecule has 0 spiro atoms. The fourth-order valence-corrected chi connectivity index (χ4v) is 2.91. The van der Waals surface area contributed by atoms with E-state index in [1.54, 1.807) is 42.5 Å². The molecule has 0 aliphatic heterocycles. The zero-order valence-electron chi connectivity index (χ0n) is 13.1. The van der Waals surface area contributed by atoms with Gasteiger partial charge >= 0.3 is 0 Å². The van der Waals surface area contributed by atoms with Crippen molar-refractivity contribution in [2.75, 3.05) is 17.8 Å². The molecule has 7 N–H and O–H groups in total. The van der Waals surface area contributed by atoms with Gasteiger partial charge < -0.3 is 34.6 Å². The van der Waals surface area contributed by atoms with Crippen LogP contribution in [0.15, 0.2) is 59.5 Å². The van der Waals surface area contributed by atoms with Crippen LogP contribution in [0.3, 0.4) is 0 Å². The van der Waals surface area contributed by atoms with Gasteiger partial charge in [-0.15, -0.1) is 0 Å². The number of ether oxygens (including phenoxy) is 1. The number of aromatic hydroxyl groups is 1. The van der Waals surface area contributed by atoms with Crippen LogP contribution in [0.2, 0.25) is 0 Å². The maximum atomic E-state index is 9.98. The topological polar surface area (TPSA) is 128 Å². The molecule has 0 radical (unpaired) electrons. The predicted molar refractivity (Wildman–Crippen MR) is 99.3 cm³/mol. The van der Waals surface area contributed by atoms with E-state index in [2.05, 4.69) is 5.32 Å². The van der Waals surface area contributed by atoms with Crippen LogP contribution in [0.4, 0.5) is 11.4 Å². The summed E-state index contributed by atoms with van der Waals surface area (Å²) in [7, 11) is -3.90. The van der Waals surface area contributed by atoms with Crippen molar-refractivity contribution in [3.05, 3.63) is 54.6 Å². The minimum atomic E-state index is -3.90. The van der Waals surface area contributed by atoms with Crippen LogP contribution in [0.1, 0.15) is 0 Å². The third-order valence-electron chi connectivity index (χ3n) is 3.62. The van der Waals surface area contributed by atoms with Crippen molar-refractivity contribution in [1.29, 1.82) is 0 Å². The van der Waals surface area contributed by atoms with Gasteiger partial charge in [0.15, 0.2) is 6.73 Å². The summed E-state index contributed by atoms with van der Waals surface area (Å²) >= 11 is 0. The SMILES string of the molecule is Nc1ccc(OCNc2ccc3c(O)cc(S(O)(O)O)cc3c2)cc1. The molecular weight excluding hydrogens is 344 g/mol. The molecule has 0 aliphatic carbocycles. The molecule has 0 heterocycles. The molecule has 8 heteroatoms. The molecule has 0 saturated carbocycles. The second kappa shape index (κ2) is 6.69. The lowest BCUT2D eigenvalue weighted by molar-refractivity contribution is 0.347. The molecule has 0 fully saturated rings. The van der Waals surface area contributed by atoms with Crippen molar-refractivity contribution in [3.63, 3.8) is 0 Å². The number of rotatable bonds is 5. The molecule has 0 unspecified atom stereocenters. The second-order valence-corrected chi connectivity index (χ2v) is 6.94. The molecule has 0 aromatic heterocycles. The molecule has 0 aliphatic rings. The van der Waals surface area contributed by atoms with E-state index < -0.39 is 10.9 Å². The van der Waals surface area contributed by atoms with Crippen LogP contribution in [0.5, 0.6) is 11.5 Å². The van der Waals surface area contributed by atoms with E-state index in [-0.39, 0.29) is 17.4 Å². The normalized spacial score (nSPS) is 12.1. The van der Waals surface area contributed by atoms with E-state index >= 15 is 0 Å². The Morgan fingerprint density at radius 3 is 2.36 bits per heavy atom. The predicted octanol–water partition coefficient (Wildman–Crippen LogP) is 4.16. The Hall–Kier alpha value is -2.65. The van der Waals surface area contributed by atoms with Gasteiger partial charge in [0, 0.05) is 16.8 Å². The van der Waals surface area contributed by atoms with Crippen LogP contribution in [0, 0.1) is 0 Å². The monoisotopic (exact) mass is 362 g/mol. The van der Waals surface area contributed by atoms with Crippen molar-refractivity contribution in [2.24, 2.45) is 0 Å². The lowest BCUT2D eigenvalue weighted by atomic mass is 10.1. The van der Waals surface area contributed by atoms with Gasteiger partial charge in [0.25, 0.3) is 0 Å². The van der Waals surface area contributed by atoms with Crippen LogP contribution >= 0.6 is 10.9 Å². The number of benzene rings is 3. The van der Waals surface area contributed by atoms with Crippen molar-refractivity contribution in [3.8, 4) is 11.5 Å². The second-order valence-electron chi connectivity index (χ2n) is 5.43. The maximum Gasteiger partial charge on any atom is 0.159 e. The van der Waals surface area contributed by atoms with E-state index in [9.17, 15) is 18.8 Å². The van der Waals surface area contributed by atoms with E-state index in [0.717, 1.165) is 6.07 Å². The van der Waals surface area contributed by atoms with Crippen LogP contribution in [0.25, 0.3) is 10.8 Å². The van der Waals surface area contributed by atoms with E-state index in [4.69, 9.17) is 10.5 Å². The number of nitrogens with one attached hydrogen (secondary N) is 1. The summed E-state index contributed by atoms with van der Waals surface area (Å²) in [6.07, 6.45) is 0. The van der Waals surface area contributed by atoms with Crippen molar-refractivity contribution >= 4 is 33.0 Å². The summed E-state index contributed by atoms with van der Waals surface area (Å²) in [6, 6.07) is 14.7. The first kappa shape index (κ1) is 17.2. The van der Waals surface area contributed by atoms with Crippen LogP contribution in [-0.2, 0) is 0 Å². The first-order valence-corrected chi connectivity index (χ1v) is 8.83. The lowest BCUT2D eigenvalue weighted by Crippen LogP contribution is -2.08. The Morgan fingerprint density at radius 1 is 0.960 bits per heavy atom. The molecule has 3 aromatic rings. The molecule has 0 amide bonds. The maximum absolute atomic E-state index is 9.98. The molecule has 3 aromatic carbocycles. The highest BCUT2D eigenvalue weighted by atomic mass is 32.3. The Morgan fingerprint density at radius 2 is 1.68 bits per heavy atom. The summed E-state index contributed by atoms with van der Waals surface area (Å²) in [5.74, 6) is 0.517. The average Bonchev–Trinajstić information content (AvgIpc) is 2.55. The highest BCUT2D eigenvalue weighted by Gasteiger charge is 2.18. The van der Waals surface area contributed by atoms with Crippen molar-refractivity contribution < 1.29 is 23.5 Å². The quantitative estimate of drug-likeness (QED) is 0.297. The van der Waals surface area contributed by atoms with Gasteiger partial charge in [-0.1, -0.05) is 0 Å². The molecule has 7 nitrogen and oxygen atoms in total. The standard InChI is InChI=1S/C17H18N2O5S/c18-12-1-4-14(5-2-12)24-10-19-13-3-6-16-11(7-13)8-15(9-17(16)20)25(21,22)23/h1-9,19-23H,10,18H2. The third-order valence-corrected chi connectivity index (χ3v) is 4.48. The average molecular weight is 362 g/mol. The Labute approximate surface area is 145 Å². The van der Waals surface area contributed by atoms with Gasteiger partial charge in [0.1, 0.15) is 22.4 Å². The number of anilines is 2. The largest absolute Gasteiger partial charge is 0.507 e. The molecular formula is C17H18N2O5S. The first-order valence-electron chi connectivity index (χ1n) is 7.32. The Bertz CT molecular complexity index is 894. The van der Waals surface area contributed by atoms with E-state index in [1.807, 2.05) is 0 Å². The fraction of sp³-hybridized carbons (Fsp3) is 0.0588. The van der Waals surface area contributed by atoms with Gasteiger partial charge in [-0.3, -0.25) is 0 Å². The number of phenols is 1. The molecule has 132 valence electrons. The lowest BCUT2D eigenvalue weighted by Gasteiger charge is -2.20. The highest BCUT2D eigenvalue weighted by Crippen LogP contribution is 2.46. The number of nitrogens with two attached hydrogens (primary N) is 1. The van der Waals surface area contributed by atoms with E-state index in [0.29, 0.717) is 27.9 Å². The number of hydrogen-bond acceptors (Lipinski definition) is 7. The minimum Gasteiger partial charge on any atom is -0.507 e. The number of hydrogen-bond donors (Lipinski definition) is 6. The van der Waals surface area contributed by atoms with Gasteiger partial charge in [-0.25, -0.2) is 0 Å². The highest BCUT2D eigenvalue weighted by molar-refractivity contribution is 8.19. The molecule has 3 rings (SSSR count). The van der Waals surface area contributed by atoms with Gasteiger partial charge in [-0.05, 0) is 60.0 Å². The van der Waals surface area contributed by atoms with Crippen molar-refractivity contribution in [2.45, 2.75) is 4.90 Å². The summed E-state index contributed by atoms with van der Waals surface area (Å²) in [4.78, 5) is -0.146. The molecule has 0 atom stereocenters. The third kappa shape index (κ3) is 4.06. The molecule has 0 saturated heterocycles. The first-order chi connectivity index (χ1) is 11.8.